The van der Waals surface area contributed by atoms with Gasteiger partial charge in [0.15, 0.2) is 5.69 Å². The number of aromatic nitrogens is 1. The minimum absolute atomic E-state index is 0.0882. The molecule has 2 aromatic rings. The summed E-state index contributed by atoms with van der Waals surface area (Å²) in [5.41, 5.74) is -0.0968. The van der Waals surface area contributed by atoms with E-state index in [0.29, 0.717) is 0 Å². The molecule has 104 valence electrons. The highest BCUT2D eigenvalue weighted by atomic mass is 32.2. The Morgan fingerprint density at radius 3 is 2.75 bits per heavy atom. The first-order valence-electron chi connectivity index (χ1n) is 5.99. The van der Waals surface area contributed by atoms with E-state index in [4.69, 9.17) is 5.26 Å². The fourth-order valence-electron chi connectivity index (χ4n) is 1.64. The van der Waals surface area contributed by atoms with Crippen LogP contribution in [0.5, 0.6) is 0 Å². The number of hydrogen-bond donors (Lipinski definition) is 1. The van der Waals surface area contributed by atoms with Crippen molar-refractivity contribution >= 4 is 21.4 Å². The normalized spacial score (nSPS) is 11.2. The van der Waals surface area contributed by atoms with Gasteiger partial charge in [0.05, 0.1) is 0 Å². The smallest absolute Gasteiger partial charge is 0.243 e. The monoisotopic (exact) mass is 307 g/mol. The summed E-state index contributed by atoms with van der Waals surface area (Å²) in [5, 5.41) is 8.90. The Hall–Kier alpha value is -1.75. The Balaban J connectivity index is 2.17. The maximum absolute atomic E-state index is 12.2. The van der Waals surface area contributed by atoms with Gasteiger partial charge in [-0.3, -0.25) is 0 Å². The molecule has 0 aliphatic heterocycles. The number of hydrogen-bond acceptors (Lipinski definition) is 5. The Kier molecular flexibility index (Phi) is 4.49. The second kappa shape index (κ2) is 6.13. The number of nitrogens with one attached hydrogen (secondary N) is 1. The highest BCUT2D eigenvalue weighted by Gasteiger charge is 2.19. The van der Waals surface area contributed by atoms with Gasteiger partial charge >= 0.3 is 0 Å². The van der Waals surface area contributed by atoms with Crippen LogP contribution in [-0.2, 0) is 23.0 Å². The summed E-state index contributed by atoms with van der Waals surface area (Å²) in [4.78, 5) is 5.81. The Labute approximate surface area is 122 Å². The summed E-state index contributed by atoms with van der Waals surface area (Å²) in [6.45, 7) is 2.27. The molecule has 0 aliphatic rings. The van der Waals surface area contributed by atoms with E-state index in [1.165, 1.54) is 23.2 Å². The molecule has 20 heavy (non-hydrogen) atoms. The maximum atomic E-state index is 12.2. The molecule has 0 atom stereocenters. The first-order chi connectivity index (χ1) is 9.56. The van der Waals surface area contributed by atoms with E-state index in [-0.39, 0.29) is 17.1 Å². The number of thiophene rings is 1. The van der Waals surface area contributed by atoms with Gasteiger partial charge < -0.3 is 0 Å². The minimum Gasteiger partial charge on any atom is -0.244 e. The molecule has 0 unspecified atom stereocenters. The van der Waals surface area contributed by atoms with E-state index in [1.807, 2.05) is 12.1 Å². The van der Waals surface area contributed by atoms with Crippen molar-refractivity contribution in [2.24, 2.45) is 0 Å². The predicted octanol–water partition coefficient (Wildman–Crippen LogP) is 2.06. The van der Waals surface area contributed by atoms with Gasteiger partial charge in [0.2, 0.25) is 10.0 Å². The Morgan fingerprint density at radius 2 is 2.10 bits per heavy atom. The first kappa shape index (κ1) is 14.7. The summed E-state index contributed by atoms with van der Waals surface area (Å²) < 4.78 is 26.8. The van der Waals surface area contributed by atoms with Crippen LogP contribution in [-0.4, -0.2) is 13.4 Å². The number of nitriles is 1. The number of aryl methyl sites for hydroxylation is 1. The largest absolute Gasteiger partial charge is 0.244 e. The molecule has 2 heterocycles. The molecule has 2 rings (SSSR count). The molecule has 0 saturated carbocycles. The van der Waals surface area contributed by atoms with Gasteiger partial charge in [-0.05, 0) is 30.7 Å². The van der Waals surface area contributed by atoms with Crippen molar-refractivity contribution < 1.29 is 8.42 Å². The molecule has 0 saturated heterocycles. The van der Waals surface area contributed by atoms with E-state index in [1.54, 1.807) is 17.4 Å². The molecule has 0 aromatic carbocycles. The molecule has 1 N–H and O–H groups in total. The summed E-state index contributed by atoms with van der Waals surface area (Å²) in [5.74, 6) is 0. The average Bonchev–Trinajstić information content (AvgIpc) is 2.93. The van der Waals surface area contributed by atoms with Gasteiger partial charge in [-0.25, -0.2) is 18.1 Å². The molecule has 0 fully saturated rings. The SMILES string of the molecule is CCc1ccc(CNS(=O)(=O)c2cccnc2C#N)s1. The molecule has 7 heteroatoms. The lowest BCUT2D eigenvalue weighted by molar-refractivity contribution is 0.581. The topological polar surface area (TPSA) is 82.8 Å². The van der Waals surface area contributed by atoms with Crippen LogP contribution >= 0.6 is 11.3 Å². The van der Waals surface area contributed by atoms with Crippen LogP contribution in [0.3, 0.4) is 0 Å². The zero-order valence-electron chi connectivity index (χ0n) is 10.8. The third kappa shape index (κ3) is 3.22. The van der Waals surface area contributed by atoms with Crippen LogP contribution in [0.15, 0.2) is 35.4 Å². The lowest BCUT2D eigenvalue weighted by atomic mass is 10.4. The molecule has 5 nitrogen and oxygen atoms in total. The van der Waals surface area contributed by atoms with Gasteiger partial charge in [-0.1, -0.05) is 6.92 Å². The van der Waals surface area contributed by atoms with Crippen LogP contribution < -0.4 is 4.72 Å². The summed E-state index contributed by atoms with van der Waals surface area (Å²) in [6, 6.07) is 8.54. The molecule has 2 aromatic heterocycles. The van der Waals surface area contributed by atoms with Crippen molar-refractivity contribution in [3.8, 4) is 6.07 Å². The van der Waals surface area contributed by atoms with Crippen molar-refractivity contribution in [3.63, 3.8) is 0 Å². The quantitative estimate of drug-likeness (QED) is 0.916. The summed E-state index contributed by atoms with van der Waals surface area (Å²) in [7, 11) is -3.73. The van der Waals surface area contributed by atoms with Crippen molar-refractivity contribution in [1.82, 2.24) is 9.71 Å². The zero-order chi connectivity index (χ0) is 14.6. The Bertz CT molecular complexity index is 745. The Morgan fingerprint density at radius 1 is 1.35 bits per heavy atom. The van der Waals surface area contributed by atoms with Gasteiger partial charge in [0, 0.05) is 22.5 Å². The van der Waals surface area contributed by atoms with Crippen molar-refractivity contribution in [2.45, 2.75) is 24.8 Å². The van der Waals surface area contributed by atoms with E-state index >= 15 is 0 Å². The third-order valence-electron chi connectivity index (χ3n) is 2.67. The molecular weight excluding hydrogens is 294 g/mol. The van der Waals surface area contributed by atoms with Gasteiger partial charge in [0.25, 0.3) is 0 Å². The minimum atomic E-state index is -3.73. The highest BCUT2D eigenvalue weighted by Crippen LogP contribution is 2.18. The second-order valence-corrected chi connectivity index (χ2v) is 7.00. The lowest BCUT2D eigenvalue weighted by Crippen LogP contribution is -2.23. The predicted molar refractivity (Wildman–Crippen MR) is 76.7 cm³/mol. The molecule has 0 radical (unpaired) electrons. The summed E-state index contributed by atoms with van der Waals surface area (Å²) in [6.07, 6.45) is 2.32. The number of pyridine rings is 1. The van der Waals surface area contributed by atoms with Crippen LogP contribution in [0.25, 0.3) is 0 Å². The molecule has 0 amide bonds. The van der Waals surface area contributed by atoms with Gasteiger partial charge in [0.1, 0.15) is 11.0 Å². The second-order valence-electron chi connectivity index (χ2n) is 4.01. The fraction of sp³-hybridized carbons (Fsp3) is 0.231. The van der Waals surface area contributed by atoms with Crippen LogP contribution in [0.4, 0.5) is 0 Å². The number of rotatable bonds is 5. The first-order valence-corrected chi connectivity index (χ1v) is 8.29. The maximum Gasteiger partial charge on any atom is 0.243 e. The van der Waals surface area contributed by atoms with Gasteiger partial charge in [-0.15, -0.1) is 11.3 Å². The molecule has 0 bridgehead atoms. The summed E-state index contributed by atoms with van der Waals surface area (Å²) >= 11 is 1.57. The zero-order valence-corrected chi connectivity index (χ0v) is 12.5. The van der Waals surface area contributed by atoms with Crippen molar-refractivity contribution in [1.29, 1.82) is 5.26 Å². The van der Waals surface area contributed by atoms with E-state index < -0.39 is 10.0 Å². The van der Waals surface area contributed by atoms with Crippen LogP contribution in [0.2, 0.25) is 0 Å². The molecule has 0 aliphatic carbocycles. The highest BCUT2D eigenvalue weighted by molar-refractivity contribution is 7.89. The van der Waals surface area contributed by atoms with E-state index in [0.717, 1.165) is 11.3 Å². The van der Waals surface area contributed by atoms with Crippen LogP contribution in [0.1, 0.15) is 22.4 Å². The van der Waals surface area contributed by atoms with Gasteiger partial charge in [-0.2, -0.15) is 5.26 Å². The van der Waals surface area contributed by atoms with Crippen LogP contribution in [0, 0.1) is 11.3 Å². The van der Waals surface area contributed by atoms with Crippen molar-refractivity contribution in [2.75, 3.05) is 0 Å². The lowest BCUT2D eigenvalue weighted by Gasteiger charge is -2.06. The molecular formula is C13H13N3O2S2. The van der Waals surface area contributed by atoms with E-state index in [9.17, 15) is 8.42 Å². The standard InChI is InChI=1S/C13H13N3O2S2/c1-2-10-5-6-11(19-10)9-16-20(17,18)13-4-3-7-15-12(13)8-14/h3-7,16H,2,9H2,1H3. The average molecular weight is 307 g/mol. The van der Waals surface area contributed by atoms with E-state index in [2.05, 4.69) is 16.6 Å². The fourth-order valence-corrected chi connectivity index (χ4v) is 3.74. The number of nitrogens with zero attached hydrogens (tertiary/aromatic N) is 2. The molecule has 0 spiro atoms. The third-order valence-corrected chi connectivity index (χ3v) is 5.33. The number of sulfonamides is 1. The van der Waals surface area contributed by atoms with Crippen molar-refractivity contribution in [3.05, 3.63) is 45.9 Å².